The lowest BCUT2D eigenvalue weighted by molar-refractivity contribution is 0.0661. The molecular weight excluding hydrogens is 312 g/mol. The third kappa shape index (κ3) is 3.11. The first-order valence-electron chi connectivity index (χ1n) is 9.05. The lowest BCUT2D eigenvalue weighted by atomic mass is 9.92. The van der Waals surface area contributed by atoms with E-state index in [9.17, 15) is 4.79 Å². The molecule has 0 aromatic carbocycles. The van der Waals surface area contributed by atoms with Gasteiger partial charge in [-0.1, -0.05) is 12.2 Å². The van der Waals surface area contributed by atoms with Crippen LogP contribution in [-0.2, 0) is 0 Å². The molecule has 1 fully saturated rings. The minimum absolute atomic E-state index is 0.0754. The number of pyridine rings is 1. The third-order valence-corrected chi connectivity index (χ3v) is 5.50. The number of rotatable bonds is 5. The maximum atomic E-state index is 13.0. The van der Waals surface area contributed by atoms with Crippen LogP contribution >= 0.6 is 0 Å². The van der Waals surface area contributed by atoms with Crippen LogP contribution in [0.15, 0.2) is 49.2 Å². The van der Waals surface area contributed by atoms with Gasteiger partial charge in [0.1, 0.15) is 12.1 Å². The minimum Gasteiger partial charge on any atom is -0.336 e. The maximum Gasteiger partial charge on any atom is 0.255 e. The number of carbonyl (C=O) groups excluding carboxylic acids is 1. The van der Waals surface area contributed by atoms with Gasteiger partial charge < -0.3 is 4.90 Å². The van der Waals surface area contributed by atoms with Crippen LogP contribution in [-0.4, -0.2) is 37.9 Å². The molecule has 2 aliphatic carbocycles. The number of nitrogens with zero attached hydrogens (tertiary/aromatic N) is 4. The molecule has 0 N–H and O–H groups in total. The van der Waals surface area contributed by atoms with Crippen LogP contribution in [0.4, 0.5) is 0 Å². The molecule has 3 atom stereocenters. The molecule has 0 unspecified atom stereocenters. The summed E-state index contributed by atoms with van der Waals surface area (Å²) in [6.07, 6.45) is 14.1. The van der Waals surface area contributed by atoms with Crippen LogP contribution < -0.4 is 0 Å². The zero-order chi connectivity index (χ0) is 17.4. The number of fused-ring (bicyclic) bond motifs is 2. The number of imidazole rings is 1. The number of allylic oxidation sites excluding steroid dienone is 2. The summed E-state index contributed by atoms with van der Waals surface area (Å²) < 4.78 is 1.83. The van der Waals surface area contributed by atoms with E-state index in [0.29, 0.717) is 17.4 Å². The van der Waals surface area contributed by atoms with Gasteiger partial charge in [-0.2, -0.15) is 0 Å². The van der Waals surface area contributed by atoms with Gasteiger partial charge in [-0.3, -0.25) is 9.36 Å². The standard InChI is InChI=1S/C20H24N4O/c1-14(2)24(12-18-10-15-3-4-16(18)9-15)20(25)17-5-6-19(22-11-17)23-8-7-21-13-23/h3-8,11,13-16,18H,9-10,12H2,1-2H3/t15-,16-,18-/m0/s1. The Labute approximate surface area is 148 Å². The average molecular weight is 336 g/mol. The van der Waals surface area contributed by atoms with Crippen LogP contribution in [0.1, 0.15) is 37.0 Å². The molecule has 1 amide bonds. The van der Waals surface area contributed by atoms with Gasteiger partial charge in [-0.15, -0.1) is 0 Å². The summed E-state index contributed by atoms with van der Waals surface area (Å²) in [7, 11) is 0. The highest BCUT2D eigenvalue weighted by Gasteiger charge is 2.37. The van der Waals surface area contributed by atoms with Crippen LogP contribution in [0.3, 0.4) is 0 Å². The lowest BCUT2D eigenvalue weighted by Gasteiger charge is -2.31. The smallest absolute Gasteiger partial charge is 0.255 e. The van der Waals surface area contributed by atoms with Crippen molar-refractivity contribution in [3.8, 4) is 5.82 Å². The number of amides is 1. The van der Waals surface area contributed by atoms with Gasteiger partial charge in [0.2, 0.25) is 0 Å². The van der Waals surface area contributed by atoms with Crippen molar-refractivity contribution in [1.82, 2.24) is 19.4 Å². The number of carbonyl (C=O) groups is 1. The van der Waals surface area contributed by atoms with Crippen molar-refractivity contribution in [2.24, 2.45) is 17.8 Å². The number of hydrogen-bond acceptors (Lipinski definition) is 3. The molecule has 2 aromatic rings. The zero-order valence-corrected chi connectivity index (χ0v) is 14.7. The van der Waals surface area contributed by atoms with Gasteiger partial charge in [0, 0.05) is 31.2 Å². The van der Waals surface area contributed by atoms with E-state index < -0.39 is 0 Å². The van der Waals surface area contributed by atoms with Crippen LogP contribution in [0.25, 0.3) is 5.82 Å². The van der Waals surface area contributed by atoms with E-state index in [0.717, 1.165) is 18.3 Å². The van der Waals surface area contributed by atoms with E-state index in [-0.39, 0.29) is 11.9 Å². The van der Waals surface area contributed by atoms with Crippen molar-refractivity contribution in [2.45, 2.75) is 32.7 Å². The highest BCUT2D eigenvalue weighted by Crippen LogP contribution is 2.43. The van der Waals surface area contributed by atoms with Gasteiger partial charge >= 0.3 is 0 Å². The second-order valence-corrected chi connectivity index (χ2v) is 7.47. The fraction of sp³-hybridized carbons (Fsp3) is 0.450. The van der Waals surface area contributed by atoms with Crippen molar-refractivity contribution in [3.05, 3.63) is 54.8 Å². The van der Waals surface area contributed by atoms with E-state index in [2.05, 4.69) is 36.0 Å². The minimum atomic E-state index is 0.0754. The normalized spacial score (nSPS) is 24.2. The fourth-order valence-corrected chi connectivity index (χ4v) is 4.11. The Morgan fingerprint density at radius 1 is 1.32 bits per heavy atom. The summed E-state index contributed by atoms with van der Waals surface area (Å²) in [5.41, 5.74) is 0.649. The Balaban J connectivity index is 1.49. The SMILES string of the molecule is CC(C)N(C[C@@H]1C[C@H]2C=C[C@H]1C2)C(=O)c1ccc(-n2ccnc2)nc1. The molecule has 5 heteroatoms. The van der Waals surface area contributed by atoms with Crippen molar-refractivity contribution in [2.75, 3.05) is 6.54 Å². The van der Waals surface area contributed by atoms with E-state index in [4.69, 9.17) is 0 Å². The van der Waals surface area contributed by atoms with Gasteiger partial charge in [0.05, 0.1) is 5.56 Å². The van der Waals surface area contributed by atoms with E-state index >= 15 is 0 Å². The highest BCUT2D eigenvalue weighted by molar-refractivity contribution is 5.94. The van der Waals surface area contributed by atoms with Gasteiger partial charge in [-0.05, 0) is 56.6 Å². The Kier molecular flexibility index (Phi) is 4.15. The molecule has 4 rings (SSSR count). The van der Waals surface area contributed by atoms with Crippen LogP contribution in [0.2, 0.25) is 0 Å². The van der Waals surface area contributed by atoms with E-state index in [1.165, 1.54) is 12.8 Å². The zero-order valence-electron chi connectivity index (χ0n) is 14.7. The highest BCUT2D eigenvalue weighted by atomic mass is 16.2. The molecule has 130 valence electrons. The molecule has 2 bridgehead atoms. The quantitative estimate of drug-likeness (QED) is 0.787. The number of aromatic nitrogens is 3. The molecular formula is C20H24N4O. The molecule has 0 spiro atoms. The van der Waals surface area contributed by atoms with Crippen molar-refractivity contribution < 1.29 is 4.79 Å². The first-order valence-corrected chi connectivity index (χ1v) is 9.05. The summed E-state index contributed by atoms with van der Waals surface area (Å²) in [6, 6.07) is 3.91. The largest absolute Gasteiger partial charge is 0.336 e. The molecule has 25 heavy (non-hydrogen) atoms. The molecule has 2 aliphatic rings. The Hall–Kier alpha value is -2.43. The van der Waals surface area contributed by atoms with Crippen molar-refractivity contribution >= 4 is 5.91 Å². The second kappa shape index (κ2) is 6.47. The topological polar surface area (TPSA) is 51.0 Å². The van der Waals surface area contributed by atoms with E-state index in [1.54, 1.807) is 18.7 Å². The third-order valence-electron chi connectivity index (χ3n) is 5.50. The molecule has 0 radical (unpaired) electrons. The van der Waals surface area contributed by atoms with E-state index in [1.807, 2.05) is 27.8 Å². The maximum absolute atomic E-state index is 13.0. The first-order chi connectivity index (χ1) is 12.1. The molecule has 1 saturated carbocycles. The van der Waals surface area contributed by atoms with Crippen molar-refractivity contribution in [1.29, 1.82) is 0 Å². The summed E-state index contributed by atoms with van der Waals surface area (Å²) >= 11 is 0. The monoisotopic (exact) mass is 336 g/mol. The molecule has 0 aliphatic heterocycles. The summed E-state index contributed by atoms with van der Waals surface area (Å²) in [5.74, 6) is 2.82. The molecule has 2 aromatic heterocycles. The summed E-state index contributed by atoms with van der Waals surface area (Å²) in [6.45, 7) is 5.02. The second-order valence-electron chi connectivity index (χ2n) is 7.47. The molecule has 5 nitrogen and oxygen atoms in total. The lowest BCUT2D eigenvalue weighted by Crippen LogP contribution is -2.41. The number of hydrogen-bond donors (Lipinski definition) is 0. The van der Waals surface area contributed by atoms with Crippen LogP contribution in [0, 0.1) is 17.8 Å². The van der Waals surface area contributed by atoms with Gasteiger partial charge in [-0.25, -0.2) is 9.97 Å². The molecule has 0 saturated heterocycles. The Bertz CT molecular complexity index is 764. The van der Waals surface area contributed by atoms with Crippen molar-refractivity contribution in [3.63, 3.8) is 0 Å². The summed E-state index contributed by atoms with van der Waals surface area (Å²) in [5, 5.41) is 0. The fourth-order valence-electron chi connectivity index (χ4n) is 4.11. The molecule has 2 heterocycles. The van der Waals surface area contributed by atoms with Crippen LogP contribution in [0.5, 0.6) is 0 Å². The first kappa shape index (κ1) is 16.1. The predicted molar refractivity (Wildman–Crippen MR) is 96.4 cm³/mol. The average Bonchev–Trinajstić information content (AvgIpc) is 3.36. The predicted octanol–water partition coefficient (Wildman–Crippen LogP) is 3.33. The van der Waals surface area contributed by atoms with Gasteiger partial charge in [0.25, 0.3) is 5.91 Å². The van der Waals surface area contributed by atoms with Gasteiger partial charge in [0.15, 0.2) is 0 Å². The Morgan fingerprint density at radius 2 is 2.20 bits per heavy atom. The summed E-state index contributed by atoms with van der Waals surface area (Å²) in [4.78, 5) is 23.5. The Morgan fingerprint density at radius 3 is 2.76 bits per heavy atom.